The SMILES string of the molecule is CCc1ncnc(N(CCc2ccc(Oc3ccc(Cl)nn3)cc2)OC)c1Cl. The minimum Gasteiger partial charge on any atom is -0.438 e. The molecule has 0 saturated carbocycles. The average molecular weight is 420 g/mol. The summed E-state index contributed by atoms with van der Waals surface area (Å²) in [5, 5.41) is 10.1. The van der Waals surface area contributed by atoms with E-state index in [0.717, 1.165) is 24.1 Å². The predicted molar refractivity (Wildman–Crippen MR) is 108 cm³/mol. The maximum atomic E-state index is 6.39. The second-order valence-electron chi connectivity index (χ2n) is 5.79. The number of hydrogen-bond donors (Lipinski definition) is 0. The Hall–Kier alpha value is -2.48. The van der Waals surface area contributed by atoms with Crippen LogP contribution in [-0.2, 0) is 17.7 Å². The molecule has 0 spiro atoms. The number of hydrogen-bond acceptors (Lipinski definition) is 7. The van der Waals surface area contributed by atoms with Gasteiger partial charge in [-0.25, -0.2) is 15.0 Å². The zero-order valence-electron chi connectivity index (χ0n) is 15.5. The van der Waals surface area contributed by atoms with Crippen LogP contribution in [0.25, 0.3) is 0 Å². The first-order chi connectivity index (χ1) is 13.6. The summed E-state index contributed by atoms with van der Waals surface area (Å²) in [6, 6.07) is 11.0. The summed E-state index contributed by atoms with van der Waals surface area (Å²) >= 11 is 12.1. The second-order valence-corrected chi connectivity index (χ2v) is 6.55. The summed E-state index contributed by atoms with van der Waals surface area (Å²) in [6.45, 7) is 2.58. The molecule has 2 aromatic heterocycles. The minimum atomic E-state index is 0.320. The maximum absolute atomic E-state index is 6.39. The minimum absolute atomic E-state index is 0.320. The van der Waals surface area contributed by atoms with Crippen LogP contribution in [0.2, 0.25) is 10.2 Å². The number of aryl methyl sites for hydroxylation is 1. The van der Waals surface area contributed by atoms with Crippen molar-refractivity contribution in [3.63, 3.8) is 0 Å². The summed E-state index contributed by atoms with van der Waals surface area (Å²) in [4.78, 5) is 13.9. The van der Waals surface area contributed by atoms with E-state index in [-0.39, 0.29) is 0 Å². The fourth-order valence-corrected chi connectivity index (χ4v) is 2.96. The lowest BCUT2D eigenvalue weighted by Crippen LogP contribution is -2.26. The summed E-state index contributed by atoms with van der Waals surface area (Å²) in [5.74, 6) is 1.61. The number of halogens is 2. The average Bonchev–Trinajstić information content (AvgIpc) is 2.72. The van der Waals surface area contributed by atoms with Crippen molar-refractivity contribution in [2.75, 3.05) is 18.7 Å². The first-order valence-electron chi connectivity index (χ1n) is 8.67. The topological polar surface area (TPSA) is 73.3 Å². The Kier molecular flexibility index (Phi) is 6.97. The summed E-state index contributed by atoms with van der Waals surface area (Å²) < 4.78 is 5.64. The fraction of sp³-hybridized carbons (Fsp3) is 0.263. The van der Waals surface area contributed by atoms with Gasteiger partial charge in [0.2, 0.25) is 5.88 Å². The highest BCUT2D eigenvalue weighted by molar-refractivity contribution is 6.33. The normalized spacial score (nSPS) is 10.7. The molecule has 3 rings (SSSR count). The van der Waals surface area contributed by atoms with Gasteiger partial charge in [0.05, 0.1) is 19.3 Å². The van der Waals surface area contributed by atoms with Gasteiger partial charge in [0.25, 0.3) is 0 Å². The van der Waals surface area contributed by atoms with Crippen LogP contribution >= 0.6 is 23.2 Å². The van der Waals surface area contributed by atoms with E-state index in [1.807, 2.05) is 31.2 Å². The van der Waals surface area contributed by atoms with E-state index in [1.165, 1.54) is 6.33 Å². The molecular weight excluding hydrogens is 401 g/mol. The van der Waals surface area contributed by atoms with Crippen molar-refractivity contribution < 1.29 is 9.57 Å². The first kappa shape index (κ1) is 20.3. The van der Waals surface area contributed by atoms with Gasteiger partial charge in [-0.2, -0.15) is 0 Å². The van der Waals surface area contributed by atoms with Gasteiger partial charge in [-0.3, -0.25) is 4.84 Å². The number of ether oxygens (including phenoxy) is 1. The van der Waals surface area contributed by atoms with E-state index in [0.29, 0.717) is 34.2 Å². The van der Waals surface area contributed by atoms with Crippen molar-refractivity contribution in [3.05, 3.63) is 64.2 Å². The highest BCUT2D eigenvalue weighted by atomic mass is 35.5. The summed E-state index contributed by atoms with van der Waals surface area (Å²) in [7, 11) is 1.59. The quantitative estimate of drug-likeness (QED) is 0.496. The Bertz CT molecular complexity index is 907. The third kappa shape index (κ3) is 5.07. The molecule has 0 aliphatic carbocycles. The van der Waals surface area contributed by atoms with Crippen LogP contribution < -0.4 is 9.80 Å². The van der Waals surface area contributed by atoms with E-state index >= 15 is 0 Å². The molecule has 0 atom stereocenters. The van der Waals surface area contributed by atoms with E-state index in [9.17, 15) is 0 Å². The van der Waals surface area contributed by atoms with E-state index in [4.69, 9.17) is 32.8 Å². The largest absolute Gasteiger partial charge is 0.438 e. The zero-order chi connectivity index (χ0) is 19.9. The van der Waals surface area contributed by atoms with E-state index < -0.39 is 0 Å². The van der Waals surface area contributed by atoms with Crippen LogP contribution in [-0.4, -0.2) is 33.8 Å². The van der Waals surface area contributed by atoms with Gasteiger partial charge in [0, 0.05) is 6.07 Å². The summed E-state index contributed by atoms with van der Waals surface area (Å²) in [6.07, 6.45) is 2.96. The lowest BCUT2D eigenvalue weighted by Gasteiger charge is -2.22. The van der Waals surface area contributed by atoms with Crippen LogP contribution in [0.1, 0.15) is 18.2 Å². The molecule has 146 valence electrons. The van der Waals surface area contributed by atoms with E-state index in [1.54, 1.807) is 24.3 Å². The highest BCUT2D eigenvalue weighted by Gasteiger charge is 2.15. The lowest BCUT2D eigenvalue weighted by molar-refractivity contribution is 0.165. The standard InChI is InChI=1S/C19H19Cl2N5O2/c1-3-15-18(21)19(23-12-22-15)26(27-2)11-10-13-4-6-14(7-5-13)28-17-9-8-16(20)24-25-17/h4-9,12H,3,10-11H2,1-2H3. The van der Waals surface area contributed by atoms with Crippen molar-refractivity contribution in [1.82, 2.24) is 20.2 Å². The molecule has 0 unspecified atom stereocenters. The molecule has 1 aromatic carbocycles. The van der Waals surface area contributed by atoms with Gasteiger partial charge in [0.15, 0.2) is 11.0 Å². The maximum Gasteiger partial charge on any atom is 0.238 e. The van der Waals surface area contributed by atoms with Gasteiger partial charge >= 0.3 is 0 Å². The Morgan fingerprint density at radius 2 is 1.79 bits per heavy atom. The van der Waals surface area contributed by atoms with Crippen molar-refractivity contribution in [1.29, 1.82) is 0 Å². The Morgan fingerprint density at radius 3 is 2.43 bits per heavy atom. The molecule has 28 heavy (non-hydrogen) atoms. The van der Waals surface area contributed by atoms with Gasteiger partial charge in [0.1, 0.15) is 17.1 Å². The molecule has 0 amide bonds. The molecule has 0 aliphatic rings. The number of benzene rings is 1. The molecule has 3 aromatic rings. The van der Waals surface area contributed by atoms with Crippen LogP contribution in [0.4, 0.5) is 5.82 Å². The molecule has 0 saturated heterocycles. The molecule has 0 aliphatic heterocycles. The van der Waals surface area contributed by atoms with Gasteiger partial charge in [-0.15, -0.1) is 10.2 Å². The van der Waals surface area contributed by atoms with Gasteiger partial charge in [-0.1, -0.05) is 42.3 Å². The van der Waals surface area contributed by atoms with Crippen molar-refractivity contribution in [3.8, 4) is 11.6 Å². The number of rotatable bonds is 8. The van der Waals surface area contributed by atoms with Crippen LogP contribution in [0.3, 0.4) is 0 Å². The van der Waals surface area contributed by atoms with Crippen molar-refractivity contribution in [2.24, 2.45) is 0 Å². The predicted octanol–water partition coefficient (Wildman–Crippen LogP) is 4.54. The molecule has 0 radical (unpaired) electrons. The summed E-state index contributed by atoms with van der Waals surface area (Å²) in [5.41, 5.74) is 1.90. The number of hydroxylamine groups is 1. The highest BCUT2D eigenvalue weighted by Crippen LogP contribution is 2.26. The molecule has 7 nitrogen and oxygen atoms in total. The third-order valence-electron chi connectivity index (χ3n) is 3.99. The van der Waals surface area contributed by atoms with Crippen LogP contribution in [0.5, 0.6) is 11.6 Å². The second kappa shape index (κ2) is 9.64. The first-order valence-corrected chi connectivity index (χ1v) is 9.43. The lowest BCUT2D eigenvalue weighted by atomic mass is 10.1. The van der Waals surface area contributed by atoms with Crippen molar-refractivity contribution in [2.45, 2.75) is 19.8 Å². The third-order valence-corrected chi connectivity index (χ3v) is 4.58. The number of nitrogens with zero attached hydrogens (tertiary/aromatic N) is 5. The monoisotopic (exact) mass is 419 g/mol. The van der Waals surface area contributed by atoms with Gasteiger partial charge in [-0.05, 0) is 36.6 Å². The Morgan fingerprint density at radius 1 is 1.00 bits per heavy atom. The molecular formula is C19H19Cl2N5O2. The Balaban J connectivity index is 1.62. The van der Waals surface area contributed by atoms with Crippen molar-refractivity contribution >= 4 is 29.0 Å². The van der Waals surface area contributed by atoms with E-state index in [2.05, 4.69) is 20.2 Å². The fourth-order valence-electron chi connectivity index (χ4n) is 2.53. The Labute approximate surface area is 173 Å². The molecule has 9 heteroatoms. The molecule has 0 bridgehead atoms. The zero-order valence-corrected chi connectivity index (χ0v) is 17.0. The molecule has 2 heterocycles. The smallest absolute Gasteiger partial charge is 0.238 e. The molecule has 0 N–H and O–H groups in total. The van der Waals surface area contributed by atoms with Gasteiger partial charge < -0.3 is 4.74 Å². The van der Waals surface area contributed by atoms with Crippen LogP contribution in [0, 0.1) is 0 Å². The number of anilines is 1. The molecule has 0 fully saturated rings. The van der Waals surface area contributed by atoms with Crippen LogP contribution in [0.15, 0.2) is 42.7 Å². The number of aromatic nitrogens is 4.